The molecule has 1 aliphatic rings. The third kappa shape index (κ3) is 6.79. The maximum absolute atomic E-state index is 11.9. The summed E-state index contributed by atoms with van der Waals surface area (Å²) in [6.45, 7) is 9.85. The zero-order valence-electron chi connectivity index (χ0n) is 13.2. The van der Waals surface area contributed by atoms with E-state index in [0.29, 0.717) is 18.3 Å². The van der Waals surface area contributed by atoms with Crippen molar-refractivity contribution in [1.29, 1.82) is 0 Å². The standard InChI is InChI=1S/C17H31NO/c1-13(2)15(4)9-10-18-17(19)12-16-8-6-5-7-14(3)11-16/h8,13-15H,5-7,9-12H2,1-4H3,(H,18,19). The highest BCUT2D eigenvalue weighted by atomic mass is 16.1. The lowest BCUT2D eigenvalue weighted by Gasteiger charge is -2.16. The molecule has 0 aliphatic heterocycles. The van der Waals surface area contributed by atoms with Crippen LogP contribution in [0.15, 0.2) is 11.6 Å². The van der Waals surface area contributed by atoms with E-state index >= 15 is 0 Å². The first-order chi connectivity index (χ1) is 8.99. The molecule has 1 rings (SSSR count). The van der Waals surface area contributed by atoms with Crippen molar-refractivity contribution >= 4 is 5.91 Å². The van der Waals surface area contributed by atoms with Crippen molar-refractivity contribution < 1.29 is 4.79 Å². The molecular formula is C17H31NO. The predicted molar refractivity (Wildman–Crippen MR) is 82.0 cm³/mol. The first-order valence-electron chi connectivity index (χ1n) is 7.93. The normalized spacial score (nSPS) is 21.7. The summed E-state index contributed by atoms with van der Waals surface area (Å²) in [5.74, 6) is 2.32. The molecule has 19 heavy (non-hydrogen) atoms. The lowest BCUT2D eigenvalue weighted by atomic mass is 9.95. The first-order valence-corrected chi connectivity index (χ1v) is 7.93. The van der Waals surface area contributed by atoms with Crippen molar-refractivity contribution in [2.75, 3.05) is 6.54 Å². The van der Waals surface area contributed by atoms with Crippen LogP contribution in [-0.2, 0) is 4.79 Å². The minimum absolute atomic E-state index is 0.205. The maximum atomic E-state index is 11.9. The molecule has 2 unspecified atom stereocenters. The number of carbonyl (C=O) groups is 1. The van der Waals surface area contributed by atoms with Crippen LogP contribution in [0.5, 0.6) is 0 Å². The fraction of sp³-hybridized carbons (Fsp3) is 0.824. The van der Waals surface area contributed by atoms with Gasteiger partial charge in [0.15, 0.2) is 0 Å². The Labute approximate surface area is 119 Å². The van der Waals surface area contributed by atoms with Gasteiger partial charge in [0.25, 0.3) is 0 Å². The molecule has 0 aromatic heterocycles. The van der Waals surface area contributed by atoms with E-state index in [0.717, 1.165) is 31.7 Å². The van der Waals surface area contributed by atoms with Gasteiger partial charge in [-0.1, -0.05) is 45.8 Å². The lowest BCUT2D eigenvalue weighted by Crippen LogP contribution is -2.26. The smallest absolute Gasteiger partial charge is 0.224 e. The highest BCUT2D eigenvalue weighted by Crippen LogP contribution is 2.24. The minimum Gasteiger partial charge on any atom is -0.356 e. The highest BCUT2D eigenvalue weighted by molar-refractivity contribution is 5.78. The van der Waals surface area contributed by atoms with E-state index in [1.807, 2.05) is 0 Å². The maximum Gasteiger partial charge on any atom is 0.224 e. The van der Waals surface area contributed by atoms with Gasteiger partial charge in [-0.05, 0) is 43.4 Å². The molecule has 0 spiro atoms. The van der Waals surface area contributed by atoms with Gasteiger partial charge >= 0.3 is 0 Å². The van der Waals surface area contributed by atoms with Gasteiger partial charge in [-0.2, -0.15) is 0 Å². The second-order valence-corrected chi connectivity index (χ2v) is 6.64. The lowest BCUT2D eigenvalue weighted by molar-refractivity contribution is -0.120. The molecule has 0 saturated carbocycles. The van der Waals surface area contributed by atoms with Gasteiger partial charge in [0.2, 0.25) is 5.91 Å². The third-order valence-electron chi connectivity index (χ3n) is 4.39. The molecule has 0 aromatic carbocycles. The minimum atomic E-state index is 0.205. The number of hydrogen-bond acceptors (Lipinski definition) is 1. The van der Waals surface area contributed by atoms with E-state index in [-0.39, 0.29) is 5.91 Å². The van der Waals surface area contributed by atoms with Crippen LogP contribution in [0.3, 0.4) is 0 Å². The summed E-state index contributed by atoms with van der Waals surface area (Å²) in [4.78, 5) is 11.9. The molecule has 2 atom stereocenters. The van der Waals surface area contributed by atoms with Crippen LogP contribution in [0, 0.1) is 17.8 Å². The van der Waals surface area contributed by atoms with Crippen LogP contribution >= 0.6 is 0 Å². The van der Waals surface area contributed by atoms with E-state index in [9.17, 15) is 4.79 Å². The Morgan fingerprint density at radius 1 is 1.42 bits per heavy atom. The summed E-state index contributed by atoms with van der Waals surface area (Å²) in [7, 11) is 0. The molecule has 0 saturated heterocycles. The number of allylic oxidation sites excluding steroid dienone is 1. The molecule has 2 heteroatoms. The third-order valence-corrected chi connectivity index (χ3v) is 4.39. The summed E-state index contributed by atoms with van der Waals surface area (Å²) in [5.41, 5.74) is 1.35. The van der Waals surface area contributed by atoms with Gasteiger partial charge in [-0.3, -0.25) is 4.79 Å². The van der Waals surface area contributed by atoms with Crippen LogP contribution < -0.4 is 5.32 Å². The molecule has 0 aromatic rings. The molecule has 1 N–H and O–H groups in total. The van der Waals surface area contributed by atoms with Crippen molar-refractivity contribution in [3.63, 3.8) is 0 Å². The number of hydrogen-bond donors (Lipinski definition) is 1. The molecule has 110 valence electrons. The topological polar surface area (TPSA) is 29.1 Å². The zero-order valence-corrected chi connectivity index (χ0v) is 13.2. The van der Waals surface area contributed by atoms with Crippen molar-refractivity contribution in [3.8, 4) is 0 Å². The zero-order chi connectivity index (χ0) is 14.3. The van der Waals surface area contributed by atoms with Gasteiger partial charge < -0.3 is 5.32 Å². The first kappa shape index (κ1) is 16.3. The van der Waals surface area contributed by atoms with Gasteiger partial charge in [0.1, 0.15) is 0 Å². The Bertz CT molecular complexity index is 306. The molecule has 0 bridgehead atoms. The van der Waals surface area contributed by atoms with Crippen molar-refractivity contribution in [2.45, 2.75) is 66.2 Å². The average Bonchev–Trinajstić information content (AvgIpc) is 2.53. The van der Waals surface area contributed by atoms with Gasteiger partial charge in [-0.25, -0.2) is 0 Å². The quantitative estimate of drug-likeness (QED) is 0.712. The SMILES string of the molecule is CC1CCCC=C(CC(=O)NCCC(C)C(C)C)C1. The van der Waals surface area contributed by atoms with Crippen LogP contribution in [0.1, 0.15) is 66.2 Å². The summed E-state index contributed by atoms with van der Waals surface area (Å²) < 4.78 is 0. The Kier molecular flexibility index (Phi) is 7.19. The van der Waals surface area contributed by atoms with Gasteiger partial charge in [0.05, 0.1) is 0 Å². The fourth-order valence-corrected chi connectivity index (χ4v) is 2.59. The molecule has 1 amide bonds. The monoisotopic (exact) mass is 265 g/mol. The summed E-state index contributed by atoms with van der Waals surface area (Å²) in [5, 5.41) is 3.07. The van der Waals surface area contributed by atoms with Crippen LogP contribution in [0.4, 0.5) is 0 Å². The van der Waals surface area contributed by atoms with Crippen LogP contribution in [-0.4, -0.2) is 12.5 Å². The van der Waals surface area contributed by atoms with E-state index in [4.69, 9.17) is 0 Å². The molecule has 0 radical (unpaired) electrons. The Balaban J connectivity index is 2.25. The highest BCUT2D eigenvalue weighted by Gasteiger charge is 2.13. The molecule has 1 aliphatic carbocycles. The predicted octanol–water partition coefficient (Wildman–Crippen LogP) is 4.31. The molecule has 0 fully saturated rings. The molecule has 2 nitrogen and oxygen atoms in total. The summed E-state index contributed by atoms with van der Waals surface area (Å²) >= 11 is 0. The Morgan fingerprint density at radius 2 is 2.16 bits per heavy atom. The number of rotatable bonds is 6. The Morgan fingerprint density at radius 3 is 2.84 bits per heavy atom. The average molecular weight is 265 g/mol. The van der Waals surface area contributed by atoms with Crippen molar-refractivity contribution in [1.82, 2.24) is 5.32 Å². The van der Waals surface area contributed by atoms with Crippen LogP contribution in [0.25, 0.3) is 0 Å². The van der Waals surface area contributed by atoms with Crippen molar-refractivity contribution in [3.05, 3.63) is 11.6 Å². The van der Waals surface area contributed by atoms with E-state index in [1.54, 1.807) is 0 Å². The number of nitrogens with one attached hydrogen (secondary N) is 1. The molecular weight excluding hydrogens is 234 g/mol. The van der Waals surface area contributed by atoms with E-state index in [1.165, 1.54) is 18.4 Å². The van der Waals surface area contributed by atoms with Gasteiger partial charge in [-0.15, -0.1) is 0 Å². The number of carbonyl (C=O) groups excluding carboxylic acids is 1. The Hall–Kier alpha value is -0.790. The van der Waals surface area contributed by atoms with E-state index < -0.39 is 0 Å². The second kappa shape index (κ2) is 8.39. The molecule has 0 heterocycles. The van der Waals surface area contributed by atoms with Crippen LogP contribution in [0.2, 0.25) is 0 Å². The van der Waals surface area contributed by atoms with Gasteiger partial charge in [0, 0.05) is 13.0 Å². The second-order valence-electron chi connectivity index (χ2n) is 6.64. The fourth-order valence-electron chi connectivity index (χ4n) is 2.59. The summed E-state index contributed by atoms with van der Waals surface area (Å²) in [6, 6.07) is 0. The number of amides is 1. The van der Waals surface area contributed by atoms with Crippen molar-refractivity contribution in [2.24, 2.45) is 17.8 Å². The van der Waals surface area contributed by atoms with E-state index in [2.05, 4.69) is 39.1 Å². The summed E-state index contributed by atoms with van der Waals surface area (Å²) in [6.07, 6.45) is 8.82. The largest absolute Gasteiger partial charge is 0.356 e.